The van der Waals surface area contributed by atoms with E-state index in [-0.39, 0.29) is 0 Å². The first kappa shape index (κ1) is 15.3. The molecule has 5 nitrogen and oxygen atoms in total. The van der Waals surface area contributed by atoms with Gasteiger partial charge in [-0.3, -0.25) is 0 Å². The summed E-state index contributed by atoms with van der Waals surface area (Å²) in [5, 5.41) is 0.416. The van der Waals surface area contributed by atoms with E-state index in [1.807, 2.05) is 31.2 Å². The van der Waals surface area contributed by atoms with Crippen LogP contribution in [0.4, 0.5) is 0 Å². The lowest BCUT2D eigenvalue weighted by atomic mass is 10.1. The zero-order chi connectivity index (χ0) is 15.2. The number of aromatic nitrogens is 1. The maximum atomic E-state index is 12.1. The Hall–Kier alpha value is -2.08. The van der Waals surface area contributed by atoms with Crippen molar-refractivity contribution in [3.8, 4) is 22.2 Å². The monoisotopic (exact) mass is 307 g/mol. The van der Waals surface area contributed by atoms with Crippen LogP contribution in [0.15, 0.2) is 24.3 Å². The van der Waals surface area contributed by atoms with Crippen LogP contribution < -0.4 is 9.47 Å². The van der Waals surface area contributed by atoms with E-state index in [0.717, 1.165) is 5.56 Å². The highest BCUT2D eigenvalue weighted by Gasteiger charge is 2.23. The summed E-state index contributed by atoms with van der Waals surface area (Å²) >= 11 is 1.17. The Labute approximate surface area is 127 Å². The first-order chi connectivity index (χ1) is 10.2. The van der Waals surface area contributed by atoms with Gasteiger partial charge in [0.1, 0.15) is 16.3 Å². The Bertz CT molecular complexity index is 624. The van der Waals surface area contributed by atoms with Crippen molar-refractivity contribution in [1.82, 2.24) is 4.98 Å². The molecular formula is C15H17NO4S. The number of carbonyl (C=O) groups excluding carboxylic acids is 1. The Balaban J connectivity index is 2.52. The third kappa shape index (κ3) is 3.33. The average molecular weight is 307 g/mol. The van der Waals surface area contributed by atoms with E-state index in [9.17, 15) is 4.79 Å². The molecule has 0 saturated carbocycles. The second-order valence-electron chi connectivity index (χ2n) is 4.01. The first-order valence-electron chi connectivity index (χ1n) is 6.65. The maximum absolute atomic E-state index is 12.1. The Morgan fingerprint density at radius 1 is 1.24 bits per heavy atom. The van der Waals surface area contributed by atoms with Gasteiger partial charge in [-0.05, 0) is 26.0 Å². The number of ether oxygens (including phenoxy) is 3. The predicted molar refractivity (Wildman–Crippen MR) is 81.2 cm³/mol. The molecule has 0 aliphatic heterocycles. The molecule has 2 rings (SSSR count). The van der Waals surface area contributed by atoms with Crippen molar-refractivity contribution in [3.63, 3.8) is 0 Å². The summed E-state index contributed by atoms with van der Waals surface area (Å²) in [7, 11) is 1.52. The van der Waals surface area contributed by atoms with E-state index in [1.54, 1.807) is 6.92 Å². The molecule has 1 aromatic carbocycles. The van der Waals surface area contributed by atoms with E-state index in [4.69, 9.17) is 14.2 Å². The maximum Gasteiger partial charge on any atom is 0.350 e. The fourth-order valence-electron chi connectivity index (χ4n) is 1.85. The van der Waals surface area contributed by atoms with E-state index >= 15 is 0 Å². The third-order valence-electron chi connectivity index (χ3n) is 2.69. The topological polar surface area (TPSA) is 57.7 Å². The number of nitrogens with zero attached hydrogens (tertiary/aromatic N) is 1. The molecule has 0 atom stereocenters. The van der Waals surface area contributed by atoms with Crippen molar-refractivity contribution < 1.29 is 19.0 Å². The van der Waals surface area contributed by atoms with Gasteiger partial charge in [-0.15, -0.1) is 0 Å². The second kappa shape index (κ2) is 7.08. The Morgan fingerprint density at radius 2 is 2.00 bits per heavy atom. The summed E-state index contributed by atoms with van der Waals surface area (Å²) in [4.78, 5) is 16.9. The SMILES string of the molecule is CCOC(=O)c1sc(OC)nc1-c1ccccc1OCC. The normalized spacial score (nSPS) is 10.2. The number of para-hydroxylation sites is 1. The number of methoxy groups -OCH3 is 1. The number of rotatable bonds is 6. The molecule has 0 saturated heterocycles. The van der Waals surface area contributed by atoms with Crippen molar-refractivity contribution in [2.24, 2.45) is 0 Å². The van der Waals surface area contributed by atoms with Gasteiger partial charge in [-0.2, -0.15) is 0 Å². The predicted octanol–water partition coefficient (Wildman–Crippen LogP) is 3.39. The largest absolute Gasteiger partial charge is 0.493 e. The molecule has 2 aromatic rings. The van der Waals surface area contributed by atoms with Crippen LogP contribution in [0, 0.1) is 0 Å². The molecule has 0 radical (unpaired) electrons. The summed E-state index contributed by atoms with van der Waals surface area (Å²) in [5.41, 5.74) is 1.28. The standard InChI is InChI=1S/C15H17NO4S/c1-4-19-11-9-7-6-8-10(11)12-13(14(17)20-5-2)21-15(16-12)18-3/h6-9H,4-5H2,1-3H3. The van der Waals surface area contributed by atoms with E-state index in [0.29, 0.717) is 34.7 Å². The quantitative estimate of drug-likeness (QED) is 0.766. The second-order valence-corrected chi connectivity index (χ2v) is 4.97. The molecule has 1 heterocycles. The molecule has 0 amide bonds. The van der Waals surface area contributed by atoms with Crippen LogP contribution >= 0.6 is 11.3 Å². The van der Waals surface area contributed by atoms with Crippen molar-refractivity contribution in [2.75, 3.05) is 20.3 Å². The molecular weight excluding hydrogens is 290 g/mol. The molecule has 0 unspecified atom stereocenters. The summed E-state index contributed by atoms with van der Waals surface area (Å²) in [6, 6.07) is 7.46. The fourth-order valence-corrected chi connectivity index (χ4v) is 2.64. The molecule has 0 fully saturated rings. The molecule has 21 heavy (non-hydrogen) atoms. The van der Waals surface area contributed by atoms with E-state index in [1.165, 1.54) is 18.4 Å². The first-order valence-corrected chi connectivity index (χ1v) is 7.47. The molecule has 6 heteroatoms. The summed E-state index contributed by atoms with van der Waals surface area (Å²) < 4.78 is 15.8. The summed E-state index contributed by atoms with van der Waals surface area (Å²) in [6.45, 7) is 4.52. The lowest BCUT2D eigenvalue weighted by Gasteiger charge is -2.09. The van der Waals surface area contributed by atoms with Gasteiger partial charge in [0.2, 0.25) is 0 Å². The van der Waals surface area contributed by atoms with Crippen LogP contribution in [0.2, 0.25) is 0 Å². The van der Waals surface area contributed by atoms with Gasteiger partial charge in [0.15, 0.2) is 0 Å². The van der Waals surface area contributed by atoms with Crippen LogP contribution in [-0.2, 0) is 4.74 Å². The van der Waals surface area contributed by atoms with Gasteiger partial charge in [0.05, 0.1) is 20.3 Å². The lowest BCUT2D eigenvalue weighted by molar-refractivity contribution is 0.0532. The minimum absolute atomic E-state index is 0.311. The molecule has 0 spiro atoms. The number of hydrogen-bond acceptors (Lipinski definition) is 6. The van der Waals surface area contributed by atoms with Crippen LogP contribution in [0.5, 0.6) is 10.9 Å². The molecule has 0 aliphatic rings. The van der Waals surface area contributed by atoms with Crippen molar-refractivity contribution >= 4 is 17.3 Å². The number of thiazole rings is 1. The molecule has 0 aliphatic carbocycles. The highest BCUT2D eigenvalue weighted by molar-refractivity contribution is 7.15. The van der Waals surface area contributed by atoms with Crippen LogP contribution in [0.1, 0.15) is 23.5 Å². The number of hydrogen-bond donors (Lipinski definition) is 0. The number of benzene rings is 1. The van der Waals surface area contributed by atoms with Crippen molar-refractivity contribution in [2.45, 2.75) is 13.8 Å². The number of esters is 1. The van der Waals surface area contributed by atoms with Gasteiger partial charge >= 0.3 is 5.97 Å². The Morgan fingerprint density at radius 3 is 2.67 bits per heavy atom. The molecule has 0 N–H and O–H groups in total. The lowest BCUT2D eigenvalue weighted by Crippen LogP contribution is -2.04. The zero-order valence-corrected chi connectivity index (χ0v) is 13.0. The third-order valence-corrected chi connectivity index (χ3v) is 3.68. The number of carbonyl (C=O) groups is 1. The van der Waals surface area contributed by atoms with Crippen LogP contribution in [0.25, 0.3) is 11.3 Å². The minimum Gasteiger partial charge on any atom is -0.493 e. The molecule has 112 valence electrons. The van der Waals surface area contributed by atoms with Gasteiger partial charge < -0.3 is 14.2 Å². The summed E-state index contributed by atoms with van der Waals surface area (Å²) in [5.74, 6) is 0.276. The highest BCUT2D eigenvalue weighted by Crippen LogP contribution is 2.37. The van der Waals surface area contributed by atoms with E-state index in [2.05, 4.69) is 4.98 Å². The molecule has 0 bridgehead atoms. The zero-order valence-electron chi connectivity index (χ0n) is 12.2. The highest BCUT2D eigenvalue weighted by atomic mass is 32.1. The van der Waals surface area contributed by atoms with Gasteiger partial charge in [-0.25, -0.2) is 9.78 Å². The van der Waals surface area contributed by atoms with Crippen molar-refractivity contribution in [3.05, 3.63) is 29.1 Å². The van der Waals surface area contributed by atoms with E-state index < -0.39 is 5.97 Å². The minimum atomic E-state index is -0.403. The van der Waals surface area contributed by atoms with Gasteiger partial charge in [-0.1, -0.05) is 23.5 Å². The fraction of sp³-hybridized carbons (Fsp3) is 0.333. The van der Waals surface area contributed by atoms with Gasteiger partial charge in [0.25, 0.3) is 5.19 Å². The van der Waals surface area contributed by atoms with Crippen LogP contribution in [0.3, 0.4) is 0 Å². The van der Waals surface area contributed by atoms with Crippen molar-refractivity contribution in [1.29, 1.82) is 0 Å². The summed E-state index contributed by atoms with van der Waals surface area (Å²) in [6.07, 6.45) is 0. The van der Waals surface area contributed by atoms with Crippen LogP contribution in [-0.4, -0.2) is 31.3 Å². The smallest absolute Gasteiger partial charge is 0.350 e. The molecule has 1 aromatic heterocycles. The van der Waals surface area contributed by atoms with Gasteiger partial charge in [0, 0.05) is 5.56 Å². The Kier molecular flexibility index (Phi) is 5.16. The average Bonchev–Trinajstić information content (AvgIpc) is 2.93.